The van der Waals surface area contributed by atoms with Crippen LogP contribution in [0, 0.1) is 5.92 Å². The van der Waals surface area contributed by atoms with Crippen molar-refractivity contribution in [1.82, 2.24) is 0 Å². The third-order valence-electron chi connectivity index (χ3n) is 2.53. The molecule has 0 saturated carbocycles. The van der Waals surface area contributed by atoms with E-state index in [4.69, 9.17) is 14.2 Å². The SMILES string of the molecule is CC(=O)OC[C@H](CC(C)CC(=O)OC(C)(C)C)OC(C)(C)O. The molecule has 1 N–H and O–H groups in total. The number of ether oxygens (including phenoxy) is 3. The van der Waals surface area contributed by atoms with Gasteiger partial charge in [-0.2, -0.15) is 0 Å². The van der Waals surface area contributed by atoms with Gasteiger partial charge in [0, 0.05) is 13.3 Å². The molecule has 0 saturated heterocycles. The zero-order valence-electron chi connectivity index (χ0n) is 14.8. The Morgan fingerprint density at radius 2 is 1.68 bits per heavy atom. The maximum Gasteiger partial charge on any atom is 0.306 e. The molecule has 22 heavy (non-hydrogen) atoms. The van der Waals surface area contributed by atoms with Gasteiger partial charge in [0.2, 0.25) is 0 Å². The maximum atomic E-state index is 11.8. The fraction of sp³-hybridized carbons (Fsp3) is 0.875. The van der Waals surface area contributed by atoms with E-state index in [2.05, 4.69) is 0 Å². The Morgan fingerprint density at radius 1 is 1.14 bits per heavy atom. The molecule has 0 aliphatic rings. The third kappa shape index (κ3) is 12.6. The lowest BCUT2D eigenvalue weighted by molar-refractivity contribution is -0.219. The molecule has 0 fully saturated rings. The van der Waals surface area contributed by atoms with Crippen molar-refractivity contribution in [2.45, 2.75) is 78.8 Å². The van der Waals surface area contributed by atoms with Crippen molar-refractivity contribution in [1.29, 1.82) is 0 Å². The van der Waals surface area contributed by atoms with Crippen LogP contribution in [0.1, 0.15) is 61.3 Å². The van der Waals surface area contributed by atoms with Gasteiger partial charge in [-0.05, 0) is 47.0 Å². The maximum absolute atomic E-state index is 11.8. The molecule has 6 heteroatoms. The van der Waals surface area contributed by atoms with Crippen LogP contribution in [0.4, 0.5) is 0 Å². The highest BCUT2D eigenvalue weighted by Crippen LogP contribution is 2.20. The predicted octanol–water partition coefficient (Wildman–Crippen LogP) is 2.42. The summed E-state index contributed by atoms with van der Waals surface area (Å²) in [7, 11) is 0. The van der Waals surface area contributed by atoms with Crippen LogP contribution in [0.15, 0.2) is 0 Å². The summed E-state index contributed by atoms with van der Waals surface area (Å²) in [6.45, 7) is 11.7. The van der Waals surface area contributed by atoms with Crippen LogP contribution in [0.25, 0.3) is 0 Å². The zero-order chi connectivity index (χ0) is 17.6. The van der Waals surface area contributed by atoms with Crippen molar-refractivity contribution < 1.29 is 28.9 Å². The molecule has 0 aliphatic carbocycles. The standard InChI is InChI=1S/C16H30O6/c1-11(9-14(18)22-15(3,4)5)8-13(10-20-12(2)17)21-16(6,7)19/h11,13,19H,8-10H2,1-7H3/t11?,13-/m0/s1. The fourth-order valence-electron chi connectivity index (χ4n) is 1.97. The molecule has 0 spiro atoms. The van der Waals surface area contributed by atoms with Crippen molar-refractivity contribution in [3.63, 3.8) is 0 Å². The van der Waals surface area contributed by atoms with E-state index in [-0.39, 0.29) is 24.9 Å². The van der Waals surface area contributed by atoms with Crippen LogP contribution in [0.2, 0.25) is 0 Å². The van der Waals surface area contributed by atoms with Gasteiger partial charge >= 0.3 is 11.9 Å². The molecule has 0 radical (unpaired) electrons. The summed E-state index contributed by atoms with van der Waals surface area (Å²) in [6.07, 6.45) is 0.223. The highest BCUT2D eigenvalue weighted by molar-refractivity contribution is 5.70. The topological polar surface area (TPSA) is 82.1 Å². The second kappa shape index (κ2) is 8.48. The van der Waals surface area contributed by atoms with E-state index in [1.54, 1.807) is 0 Å². The second-order valence-corrected chi connectivity index (χ2v) is 7.12. The molecule has 0 aromatic rings. The van der Waals surface area contributed by atoms with E-state index in [0.717, 1.165) is 0 Å². The molecule has 1 unspecified atom stereocenters. The monoisotopic (exact) mass is 318 g/mol. The van der Waals surface area contributed by atoms with Crippen molar-refractivity contribution >= 4 is 11.9 Å². The van der Waals surface area contributed by atoms with Gasteiger partial charge in [0.25, 0.3) is 0 Å². The summed E-state index contributed by atoms with van der Waals surface area (Å²) in [4.78, 5) is 22.7. The molecule has 0 rings (SSSR count). The number of hydrogen-bond acceptors (Lipinski definition) is 6. The van der Waals surface area contributed by atoms with Crippen LogP contribution >= 0.6 is 0 Å². The lowest BCUT2D eigenvalue weighted by Crippen LogP contribution is -2.35. The molecular weight excluding hydrogens is 288 g/mol. The van der Waals surface area contributed by atoms with Crippen LogP contribution < -0.4 is 0 Å². The van der Waals surface area contributed by atoms with Crippen molar-refractivity contribution in [2.75, 3.05) is 6.61 Å². The first-order valence-electron chi connectivity index (χ1n) is 7.54. The Kier molecular flexibility index (Phi) is 8.04. The average Bonchev–Trinajstić information content (AvgIpc) is 2.20. The lowest BCUT2D eigenvalue weighted by Gasteiger charge is -2.28. The smallest absolute Gasteiger partial charge is 0.306 e. The van der Waals surface area contributed by atoms with Gasteiger partial charge in [0.05, 0.1) is 6.10 Å². The van der Waals surface area contributed by atoms with E-state index >= 15 is 0 Å². The number of hydrogen-bond donors (Lipinski definition) is 1. The average molecular weight is 318 g/mol. The van der Waals surface area contributed by atoms with Gasteiger partial charge in [0.15, 0.2) is 5.79 Å². The highest BCUT2D eigenvalue weighted by atomic mass is 16.6. The van der Waals surface area contributed by atoms with Gasteiger partial charge in [-0.15, -0.1) is 0 Å². The minimum atomic E-state index is -1.34. The Bertz CT molecular complexity index is 364. The third-order valence-corrected chi connectivity index (χ3v) is 2.53. The van der Waals surface area contributed by atoms with E-state index < -0.39 is 23.5 Å². The Balaban J connectivity index is 4.50. The number of rotatable bonds is 8. The Morgan fingerprint density at radius 3 is 2.09 bits per heavy atom. The molecule has 0 aromatic heterocycles. The van der Waals surface area contributed by atoms with Gasteiger partial charge in [-0.1, -0.05) is 6.92 Å². The minimum Gasteiger partial charge on any atom is -0.463 e. The highest BCUT2D eigenvalue weighted by Gasteiger charge is 2.25. The molecule has 0 aromatic carbocycles. The summed E-state index contributed by atoms with van der Waals surface area (Å²) in [5, 5.41) is 9.75. The van der Waals surface area contributed by atoms with E-state index in [0.29, 0.717) is 6.42 Å². The first-order valence-corrected chi connectivity index (χ1v) is 7.54. The normalized spacial score (nSPS) is 15.1. The molecular formula is C16H30O6. The van der Waals surface area contributed by atoms with Crippen LogP contribution in [-0.2, 0) is 23.8 Å². The van der Waals surface area contributed by atoms with E-state index in [9.17, 15) is 14.7 Å². The number of carbonyl (C=O) groups excluding carboxylic acids is 2. The zero-order valence-corrected chi connectivity index (χ0v) is 14.8. The van der Waals surface area contributed by atoms with Gasteiger partial charge in [0.1, 0.15) is 12.2 Å². The van der Waals surface area contributed by atoms with Crippen LogP contribution in [-0.4, -0.2) is 41.1 Å². The molecule has 0 bridgehead atoms. The van der Waals surface area contributed by atoms with Crippen molar-refractivity contribution in [2.24, 2.45) is 5.92 Å². The predicted molar refractivity (Wildman–Crippen MR) is 82.0 cm³/mol. The summed E-state index contributed by atoms with van der Waals surface area (Å²) >= 11 is 0. The number of carbonyl (C=O) groups is 2. The van der Waals surface area contributed by atoms with Crippen LogP contribution in [0.5, 0.6) is 0 Å². The minimum absolute atomic E-state index is 0.0299. The summed E-state index contributed by atoms with van der Waals surface area (Å²) in [6, 6.07) is 0. The first-order chi connectivity index (χ1) is 9.78. The Hall–Kier alpha value is -1.14. The van der Waals surface area contributed by atoms with Crippen molar-refractivity contribution in [3.05, 3.63) is 0 Å². The fourth-order valence-corrected chi connectivity index (χ4v) is 1.97. The van der Waals surface area contributed by atoms with Crippen molar-refractivity contribution in [3.8, 4) is 0 Å². The quantitative estimate of drug-likeness (QED) is 0.547. The number of aliphatic hydroxyl groups is 1. The first kappa shape index (κ1) is 20.9. The van der Waals surface area contributed by atoms with Crippen LogP contribution in [0.3, 0.4) is 0 Å². The Labute approximate surface area is 133 Å². The largest absolute Gasteiger partial charge is 0.463 e. The molecule has 0 amide bonds. The molecule has 130 valence electrons. The van der Waals surface area contributed by atoms with E-state index in [1.807, 2.05) is 27.7 Å². The number of esters is 2. The summed E-state index contributed by atoms with van der Waals surface area (Å²) in [5.74, 6) is -2.06. The lowest BCUT2D eigenvalue weighted by atomic mass is 10.00. The summed E-state index contributed by atoms with van der Waals surface area (Å²) in [5.41, 5.74) is -0.516. The van der Waals surface area contributed by atoms with Gasteiger partial charge in [-0.3, -0.25) is 9.59 Å². The molecule has 0 aliphatic heterocycles. The van der Waals surface area contributed by atoms with E-state index in [1.165, 1.54) is 20.8 Å². The second-order valence-electron chi connectivity index (χ2n) is 7.12. The molecule has 6 nitrogen and oxygen atoms in total. The van der Waals surface area contributed by atoms with Gasteiger partial charge < -0.3 is 19.3 Å². The molecule has 0 heterocycles. The van der Waals surface area contributed by atoms with Gasteiger partial charge in [-0.25, -0.2) is 0 Å². The molecule has 2 atom stereocenters. The summed E-state index contributed by atoms with van der Waals surface area (Å²) < 4.78 is 15.7.